The van der Waals surface area contributed by atoms with E-state index in [1.807, 2.05) is 0 Å². The smallest absolute Gasteiger partial charge is 0.316 e. The molecule has 22 heavy (non-hydrogen) atoms. The van der Waals surface area contributed by atoms with Crippen LogP contribution in [0, 0.1) is 0 Å². The number of hydrogen-bond donors (Lipinski definition) is 6. The molecular formula is C10H29AlMgN2O8. The fourth-order valence-corrected chi connectivity index (χ4v) is 0. The zero-order chi connectivity index (χ0) is 17.7. The highest BCUT2D eigenvalue weighted by Crippen LogP contribution is 1.43. The maximum atomic E-state index is 9.00. The van der Waals surface area contributed by atoms with Crippen LogP contribution in [0.5, 0.6) is 0 Å². The Kier molecular flexibility index (Phi) is 83.3. The SMILES string of the molecule is CC(=O)O.CC(=O)O.CC(=O)O.CC(=O)O.NCCN.[AlH3].[MgH2]. The molecule has 0 rings (SSSR count). The van der Waals surface area contributed by atoms with Gasteiger partial charge in [0.25, 0.3) is 23.9 Å². The average molecular weight is 357 g/mol. The molecule has 0 aromatic heterocycles. The molecule has 0 saturated carbocycles. The van der Waals surface area contributed by atoms with Gasteiger partial charge in [0.05, 0.1) is 0 Å². The van der Waals surface area contributed by atoms with Crippen molar-refractivity contribution < 1.29 is 39.6 Å². The Morgan fingerprint density at radius 2 is 0.682 bits per heavy atom. The van der Waals surface area contributed by atoms with Gasteiger partial charge in [-0.2, -0.15) is 0 Å². The first-order valence-electron chi connectivity index (χ1n) is 5.03. The third-order valence-corrected chi connectivity index (χ3v) is 0.167. The van der Waals surface area contributed by atoms with E-state index >= 15 is 0 Å². The first-order valence-corrected chi connectivity index (χ1v) is 5.03. The van der Waals surface area contributed by atoms with Crippen molar-refractivity contribution in [2.45, 2.75) is 27.7 Å². The Balaban J connectivity index is -0.0000000250. The lowest BCUT2D eigenvalue weighted by Crippen LogP contribution is -2.11. The van der Waals surface area contributed by atoms with Crippen LogP contribution >= 0.6 is 0 Å². The van der Waals surface area contributed by atoms with E-state index in [1.165, 1.54) is 0 Å². The van der Waals surface area contributed by atoms with Crippen LogP contribution in [0.1, 0.15) is 27.7 Å². The molecule has 0 atom stereocenters. The molecule has 0 aliphatic rings. The van der Waals surface area contributed by atoms with Crippen molar-refractivity contribution in [3.05, 3.63) is 0 Å². The van der Waals surface area contributed by atoms with E-state index in [9.17, 15) is 0 Å². The Morgan fingerprint density at radius 3 is 0.682 bits per heavy atom. The van der Waals surface area contributed by atoms with Gasteiger partial charge in [-0.05, 0) is 0 Å². The van der Waals surface area contributed by atoms with Crippen LogP contribution in [0.25, 0.3) is 0 Å². The topological polar surface area (TPSA) is 201 Å². The van der Waals surface area contributed by atoms with Gasteiger partial charge in [-0.25, -0.2) is 0 Å². The summed E-state index contributed by atoms with van der Waals surface area (Å²) in [7, 11) is 0. The number of hydrogen-bond acceptors (Lipinski definition) is 6. The normalized spacial score (nSPS) is 5.91. The maximum Gasteiger partial charge on any atom is 0.316 e. The van der Waals surface area contributed by atoms with Crippen LogP contribution in [-0.2, 0) is 19.2 Å². The number of nitrogens with two attached hydrogens (primary N) is 2. The second kappa shape index (κ2) is 42.7. The van der Waals surface area contributed by atoms with Gasteiger partial charge in [0.1, 0.15) is 0 Å². The van der Waals surface area contributed by atoms with Crippen molar-refractivity contribution in [2.75, 3.05) is 13.1 Å². The highest BCUT2D eigenvalue weighted by molar-refractivity contribution is 5.76. The van der Waals surface area contributed by atoms with Gasteiger partial charge in [-0.3, -0.25) is 19.2 Å². The highest BCUT2D eigenvalue weighted by Gasteiger charge is 1.66. The van der Waals surface area contributed by atoms with Gasteiger partial charge >= 0.3 is 23.1 Å². The zero-order valence-electron chi connectivity index (χ0n) is 12.0. The molecule has 132 valence electrons. The van der Waals surface area contributed by atoms with E-state index in [1.54, 1.807) is 0 Å². The van der Waals surface area contributed by atoms with Gasteiger partial charge in [0.2, 0.25) is 0 Å². The summed E-state index contributed by atoms with van der Waals surface area (Å²) in [6.45, 7) is 5.53. The summed E-state index contributed by atoms with van der Waals surface area (Å²) in [5, 5.41) is 29.7. The quantitative estimate of drug-likeness (QED) is 0.266. The summed E-state index contributed by atoms with van der Waals surface area (Å²) in [6, 6.07) is 0. The van der Waals surface area contributed by atoms with Crippen molar-refractivity contribution in [1.82, 2.24) is 0 Å². The van der Waals surface area contributed by atoms with Gasteiger partial charge in [0.15, 0.2) is 17.4 Å². The molecule has 0 heterocycles. The molecule has 0 saturated heterocycles. The summed E-state index contributed by atoms with van der Waals surface area (Å²) in [5.74, 6) is -3.33. The summed E-state index contributed by atoms with van der Waals surface area (Å²) in [6.07, 6.45) is 0. The van der Waals surface area contributed by atoms with Crippen LogP contribution < -0.4 is 11.5 Å². The van der Waals surface area contributed by atoms with Crippen molar-refractivity contribution in [2.24, 2.45) is 11.5 Å². The molecule has 0 aromatic rings. The van der Waals surface area contributed by atoms with E-state index in [4.69, 9.17) is 51.1 Å². The van der Waals surface area contributed by atoms with Gasteiger partial charge in [0, 0.05) is 40.8 Å². The molecule has 0 radical (unpaired) electrons. The molecule has 10 nitrogen and oxygen atoms in total. The molecule has 0 fully saturated rings. The standard InChI is InChI=1S/C2H8N2.4C2H4O2.Al.Mg.5H/c3-1-2-4;4*1-2(3)4;;;;;;;/h1-4H2;4*1H3,(H,3,4);;;;;;;. The molecule has 0 aromatic carbocycles. The molecule has 12 heteroatoms. The van der Waals surface area contributed by atoms with Crippen molar-refractivity contribution in [1.29, 1.82) is 0 Å². The Hall–Kier alpha value is -0.901. The highest BCUT2D eigenvalue weighted by atomic mass is 27.0. The molecule has 0 aliphatic heterocycles. The van der Waals surface area contributed by atoms with Crippen molar-refractivity contribution >= 4 is 64.3 Å². The molecule has 0 spiro atoms. The number of aliphatic carboxylic acids is 4. The fourth-order valence-electron chi connectivity index (χ4n) is 0. The van der Waals surface area contributed by atoms with Crippen molar-refractivity contribution in [3.63, 3.8) is 0 Å². The number of carboxylic acid groups (broad SMARTS) is 4. The minimum Gasteiger partial charge on any atom is -0.481 e. The van der Waals surface area contributed by atoms with E-state index in [2.05, 4.69) is 0 Å². The molecule has 0 unspecified atom stereocenters. The lowest BCUT2D eigenvalue weighted by atomic mass is 10.7. The third-order valence-electron chi connectivity index (χ3n) is 0.167. The largest absolute Gasteiger partial charge is 0.481 e. The van der Waals surface area contributed by atoms with Crippen LogP contribution in [0.2, 0.25) is 0 Å². The Bertz CT molecular complexity index is 201. The predicted molar refractivity (Wildman–Crippen MR) is 89.8 cm³/mol. The third kappa shape index (κ3) is 642000. The van der Waals surface area contributed by atoms with Gasteiger partial charge in [-0.15, -0.1) is 0 Å². The van der Waals surface area contributed by atoms with Crippen LogP contribution in [0.15, 0.2) is 0 Å². The number of carbonyl (C=O) groups is 4. The Labute approximate surface area is 156 Å². The predicted octanol–water partition coefficient (Wildman–Crippen LogP) is -2.83. The lowest BCUT2D eigenvalue weighted by molar-refractivity contribution is -0.135. The van der Waals surface area contributed by atoms with E-state index in [0.717, 1.165) is 27.7 Å². The second-order valence-corrected chi connectivity index (χ2v) is 2.65. The van der Waals surface area contributed by atoms with E-state index in [-0.39, 0.29) is 40.4 Å². The second-order valence-electron chi connectivity index (χ2n) is 2.65. The zero-order valence-corrected chi connectivity index (χ0v) is 12.0. The van der Waals surface area contributed by atoms with E-state index in [0.29, 0.717) is 13.1 Å². The minimum absolute atomic E-state index is 0. The minimum atomic E-state index is -0.833. The molecule has 0 amide bonds. The molecular weight excluding hydrogens is 327 g/mol. The summed E-state index contributed by atoms with van der Waals surface area (Å²) in [4.78, 5) is 36.0. The van der Waals surface area contributed by atoms with Crippen LogP contribution in [0.3, 0.4) is 0 Å². The molecule has 0 aliphatic carbocycles. The van der Waals surface area contributed by atoms with Gasteiger partial charge < -0.3 is 31.9 Å². The lowest BCUT2D eigenvalue weighted by Gasteiger charge is -1.72. The van der Waals surface area contributed by atoms with Gasteiger partial charge in [-0.1, -0.05) is 0 Å². The first-order chi connectivity index (χ1) is 8.84. The molecule has 0 bridgehead atoms. The average Bonchev–Trinajstić information content (AvgIpc) is 2.13. The van der Waals surface area contributed by atoms with Crippen LogP contribution in [0.4, 0.5) is 0 Å². The summed E-state index contributed by atoms with van der Waals surface area (Å²) < 4.78 is 0. The van der Waals surface area contributed by atoms with Crippen molar-refractivity contribution in [3.8, 4) is 0 Å². The number of carboxylic acids is 4. The van der Waals surface area contributed by atoms with Crippen LogP contribution in [-0.4, -0.2) is 97.8 Å². The first kappa shape index (κ1) is 42.9. The Morgan fingerprint density at radius 1 is 0.636 bits per heavy atom. The van der Waals surface area contributed by atoms with E-state index < -0.39 is 23.9 Å². The fraction of sp³-hybridized carbons (Fsp3) is 0.600. The monoisotopic (exact) mass is 356 g/mol. The maximum absolute atomic E-state index is 9.00. The molecule has 8 N–H and O–H groups in total. The summed E-state index contributed by atoms with van der Waals surface area (Å²) in [5.41, 5.74) is 9.81. The summed E-state index contributed by atoms with van der Waals surface area (Å²) >= 11 is 0. The number of rotatable bonds is 1.